The van der Waals surface area contributed by atoms with Crippen LogP contribution in [0.5, 0.6) is 5.75 Å². The highest BCUT2D eigenvalue weighted by molar-refractivity contribution is 6.30. The van der Waals surface area contributed by atoms with Crippen molar-refractivity contribution in [3.63, 3.8) is 0 Å². The minimum atomic E-state index is -0.691. The molecule has 166 valence electrons. The maximum Gasteiger partial charge on any atom is 0.261 e. The molecular weight excluding hydrogens is 424 g/mol. The normalized spacial score (nSPS) is 11.4. The Hall–Kier alpha value is -3.31. The fourth-order valence-electron chi connectivity index (χ4n) is 3.42. The minimum Gasteiger partial charge on any atom is -0.484 e. The molecule has 32 heavy (non-hydrogen) atoms. The van der Waals surface area contributed by atoms with E-state index in [1.165, 1.54) is 0 Å². The van der Waals surface area contributed by atoms with Crippen molar-refractivity contribution in [1.29, 1.82) is 0 Å². The van der Waals surface area contributed by atoms with Crippen molar-refractivity contribution in [2.75, 3.05) is 13.2 Å². The van der Waals surface area contributed by atoms with Gasteiger partial charge in [0.1, 0.15) is 11.8 Å². The number of para-hydroxylation sites is 1. The second kappa shape index (κ2) is 11.9. The number of rotatable bonds is 10. The predicted octanol–water partition coefficient (Wildman–Crippen LogP) is 4.50. The number of ether oxygens (including phenoxy) is 1. The second-order valence-electron chi connectivity index (χ2n) is 7.35. The molecule has 0 unspecified atom stereocenters. The van der Waals surface area contributed by atoms with E-state index in [-0.39, 0.29) is 25.0 Å². The van der Waals surface area contributed by atoms with Crippen LogP contribution in [0.3, 0.4) is 0 Å². The monoisotopic (exact) mass is 450 g/mol. The van der Waals surface area contributed by atoms with Gasteiger partial charge < -0.3 is 15.0 Å². The number of hydrogen-bond donors (Lipinski definition) is 1. The first-order chi connectivity index (χ1) is 15.6. The Bertz CT molecular complexity index is 1010. The lowest BCUT2D eigenvalue weighted by Gasteiger charge is -2.31. The van der Waals surface area contributed by atoms with Crippen molar-refractivity contribution >= 4 is 23.4 Å². The number of halogens is 1. The lowest BCUT2D eigenvalue weighted by molar-refractivity contribution is -0.142. The topological polar surface area (TPSA) is 58.6 Å². The van der Waals surface area contributed by atoms with Gasteiger partial charge >= 0.3 is 0 Å². The van der Waals surface area contributed by atoms with Crippen LogP contribution < -0.4 is 10.1 Å². The molecule has 1 N–H and O–H groups in total. The number of amides is 2. The van der Waals surface area contributed by atoms with E-state index in [2.05, 4.69) is 5.32 Å². The summed E-state index contributed by atoms with van der Waals surface area (Å²) in [5, 5.41) is 3.45. The average Bonchev–Trinajstić information content (AvgIpc) is 2.81. The number of nitrogens with zero attached hydrogens (tertiary/aromatic N) is 1. The van der Waals surface area contributed by atoms with Crippen LogP contribution in [0.4, 0.5) is 0 Å². The van der Waals surface area contributed by atoms with Gasteiger partial charge in [0.25, 0.3) is 5.91 Å². The molecule has 3 aromatic rings. The highest BCUT2D eigenvalue weighted by atomic mass is 35.5. The largest absolute Gasteiger partial charge is 0.484 e. The number of likely N-dealkylation sites (N-methyl/N-ethyl adjacent to an activating group) is 1. The van der Waals surface area contributed by atoms with Crippen molar-refractivity contribution in [2.24, 2.45) is 0 Å². The molecule has 0 aliphatic heterocycles. The molecule has 1 atom stereocenters. The molecule has 6 heteroatoms. The summed E-state index contributed by atoms with van der Waals surface area (Å²) in [4.78, 5) is 28.0. The molecule has 0 saturated heterocycles. The van der Waals surface area contributed by atoms with Gasteiger partial charge in [-0.05, 0) is 42.3 Å². The van der Waals surface area contributed by atoms with E-state index >= 15 is 0 Å². The quantitative estimate of drug-likeness (QED) is 0.495. The van der Waals surface area contributed by atoms with Gasteiger partial charge in [-0.25, -0.2) is 0 Å². The van der Waals surface area contributed by atoms with Crippen molar-refractivity contribution < 1.29 is 14.3 Å². The van der Waals surface area contributed by atoms with Crippen LogP contribution in [-0.2, 0) is 22.6 Å². The Morgan fingerprint density at radius 2 is 1.59 bits per heavy atom. The Morgan fingerprint density at radius 3 is 2.25 bits per heavy atom. The van der Waals surface area contributed by atoms with Gasteiger partial charge in [-0.1, -0.05) is 72.3 Å². The fourth-order valence-corrected chi connectivity index (χ4v) is 3.64. The molecule has 0 fully saturated rings. The highest BCUT2D eigenvalue weighted by Gasteiger charge is 2.30. The van der Waals surface area contributed by atoms with Gasteiger partial charge in [-0.15, -0.1) is 0 Å². The zero-order chi connectivity index (χ0) is 22.8. The smallest absolute Gasteiger partial charge is 0.261 e. The van der Waals surface area contributed by atoms with Crippen molar-refractivity contribution in [2.45, 2.75) is 25.9 Å². The summed E-state index contributed by atoms with van der Waals surface area (Å²) in [6.07, 6.45) is 0.393. The second-order valence-corrected chi connectivity index (χ2v) is 7.79. The van der Waals surface area contributed by atoms with Gasteiger partial charge in [0.05, 0.1) is 0 Å². The molecule has 2 amide bonds. The van der Waals surface area contributed by atoms with Gasteiger partial charge in [0.2, 0.25) is 5.91 Å². The summed E-state index contributed by atoms with van der Waals surface area (Å²) in [6, 6.07) is 25.4. The summed E-state index contributed by atoms with van der Waals surface area (Å²) in [5.41, 5.74) is 1.81. The summed E-state index contributed by atoms with van der Waals surface area (Å²) < 4.78 is 5.70. The van der Waals surface area contributed by atoms with Crippen LogP contribution in [0.2, 0.25) is 5.02 Å². The first-order valence-corrected chi connectivity index (χ1v) is 11.0. The number of carbonyl (C=O) groups excluding carboxylic acids is 2. The van der Waals surface area contributed by atoms with E-state index in [4.69, 9.17) is 16.3 Å². The molecule has 3 rings (SSSR count). The van der Waals surface area contributed by atoms with E-state index < -0.39 is 6.04 Å². The molecule has 0 radical (unpaired) electrons. The molecule has 0 aliphatic carbocycles. The molecule has 0 aromatic heterocycles. The van der Waals surface area contributed by atoms with Gasteiger partial charge in [0, 0.05) is 24.5 Å². The van der Waals surface area contributed by atoms with Gasteiger partial charge in [-0.3, -0.25) is 9.59 Å². The Kier molecular flexibility index (Phi) is 8.70. The lowest BCUT2D eigenvalue weighted by atomic mass is 10.0. The molecule has 0 heterocycles. The van der Waals surface area contributed by atoms with Gasteiger partial charge in [0.15, 0.2) is 6.61 Å². The highest BCUT2D eigenvalue weighted by Crippen LogP contribution is 2.18. The summed E-state index contributed by atoms with van der Waals surface area (Å²) in [7, 11) is 0. The van der Waals surface area contributed by atoms with E-state index in [1.807, 2.05) is 67.6 Å². The number of nitrogens with one attached hydrogen (secondary N) is 1. The third kappa shape index (κ3) is 6.86. The van der Waals surface area contributed by atoms with E-state index in [0.29, 0.717) is 23.7 Å². The SMILES string of the molecule is CCNC(=O)[C@@H](Cc1ccccc1)N(Cc1cccc(Cl)c1)C(=O)COc1ccccc1. The van der Waals surface area contributed by atoms with Crippen molar-refractivity contribution in [1.82, 2.24) is 10.2 Å². The predicted molar refractivity (Wildman–Crippen MR) is 127 cm³/mol. The van der Waals surface area contributed by atoms with Crippen LogP contribution >= 0.6 is 11.6 Å². The van der Waals surface area contributed by atoms with E-state index in [1.54, 1.807) is 29.2 Å². The third-order valence-electron chi connectivity index (χ3n) is 4.97. The summed E-state index contributed by atoms with van der Waals surface area (Å²) >= 11 is 6.16. The van der Waals surface area contributed by atoms with Crippen LogP contribution in [0.25, 0.3) is 0 Å². The van der Waals surface area contributed by atoms with Gasteiger partial charge in [-0.2, -0.15) is 0 Å². The first kappa shape index (κ1) is 23.4. The molecule has 0 saturated carbocycles. The summed E-state index contributed by atoms with van der Waals surface area (Å²) in [6.45, 7) is 2.41. The molecule has 0 aliphatic rings. The molecule has 0 spiro atoms. The Balaban J connectivity index is 1.88. The Labute approximate surface area is 194 Å². The van der Waals surface area contributed by atoms with Crippen LogP contribution in [0.1, 0.15) is 18.1 Å². The Morgan fingerprint density at radius 1 is 0.938 bits per heavy atom. The zero-order valence-corrected chi connectivity index (χ0v) is 18.8. The fraction of sp³-hybridized carbons (Fsp3) is 0.231. The molecular formula is C26H27ClN2O3. The molecule has 5 nitrogen and oxygen atoms in total. The van der Waals surface area contributed by atoms with Crippen LogP contribution in [-0.4, -0.2) is 35.9 Å². The number of hydrogen-bond acceptors (Lipinski definition) is 3. The standard InChI is InChI=1S/C26H27ClN2O3/c1-2-28-26(31)24(17-20-10-5-3-6-11-20)29(18-21-12-9-13-22(27)16-21)25(30)19-32-23-14-7-4-8-15-23/h3-16,24H,2,17-19H2,1H3,(H,28,31)/t24-/m1/s1. The van der Waals surface area contributed by atoms with Crippen molar-refractivity contribution in [3.05, 3.63) is 101 Å². The minimum absolute atomic E-state index is 0.171. The first-order valence-electron chi connectivity index (χ1n) is 10.6. The maximum absolute atomic E-state index is 13.3. The number of benzene rings is 3. The molecule has 0 bridgehead atoms. The van der Waals surface area contributed by atoms with Crippen LogP contribution in [0, 0.1) is 0 Å². The number of carbonyl (C=O) groups is 2. The van der Waals surface area contributed by atoms with Crippen molar-refractivity contribution in [3.8, 4) is 5.75 Å². The third-order valence-corrected chi connectivity index (χ3v) is 5.20. The van der Waals surface area contributed by atoms with E-state index in [0.717, 1.165) is 11.1 Å². The zero-order valence-electron chi connectivity index (χ0n) is 18.0. The molecule has 3 aromatic carbocycles. The van der Waals surface area contributed by atoms with E-state index in [9.17, 15) is 9.59 Å². The van der Waals surface area contributed by atoms with Crippen LogP contribution in [0.15, 0.2) is 84.9 Å². The lowest BCUT2D eigenvalue weighted by Crippen LogP contribution is -2.51. The average molecular weight is 451 g/mol. The summed E-state index contributed by atoms with van der Waals surface area (Å²) in [5.74, 6) is 0.119. The maximum atomic E-state index is 13.3.